The third-order valence-corrected chi connectivity index (χ3v) is 5.99. The van der Waals surface area contributed by atoms with E-state index in [4.69, 9.17) is 9.47 Å². The predicted octanol–water partition coefficient (Wildman–Crippen LogP) is 6.15. The van der Waals surface area contributed by atoms with Gasteiger partial charge in [0.15, 0.2) is 6.23 Å². The topological polar surface area (TPSA) is 33.7 Å². The Kier molecular flexibility index (Phi) is 5.01. The summed E-state index contributed by atoms with van der Waals surface area (Å²) in [5.74, 6) is 1.80. The molecule has 2 aliphatic heterocycles. The van der Waals surface area contributed by atoms with Gasteiger partial charge in [0.2, 0.25) is 0 Å². The fraction of sp³-hybridized carbons (Fsp3) is 0.200. The second-order valence-corrected chi connectivity index (χ2v) is 8.48. The summed E-state index contributed by atoms with van der Waals surface area (Å²) in [6.07, 6.45) is 2.05. The molecule has 152 valence electrons. The zero-order valence-corrected chi connectivity index (χ0v) is 18.5. The maximum atomic E-state index is 6.45. The van der Waals surface area contributed by atoms with Crippen molar-refractivity contribution in [2.75, 3.05) is 6.61 Å². The highest BCUT2D eigenvalue weighted by molar-refractivity contribution is 9.10. The number of halogens is 1. The highest BCUT2D eigenvalue weighted by Gasteiger charge is 2.40. The third-order valence-electron chi connectivity index (χ3n) is 5.49. The number of hydrogen-bond acceptors (Lipinski definition) is 4. The van der Waals surface area contributed by atoms with Gasteiger partial charge in [-0.3, -0.25) is 0 Å². The Morgan fingerprint density at radius 2 is 1.80 bits per heavy atom. The van der Waals surface area contributed by atoms with E-state index in [1.165, 1.54) is 5.56 Å². The lowest BCUT2D eigenvalue weighted by molar-refractivity contribution is -0.0326. The van der Waals surface area contributed by atoms with Gasteiger partial charge in [0.25, 0.3) is 0 Å². The lowest BCUT2D eigenvalue weighted by Gasteiger charge is -2.39. The van der Waals surface area contributed by atoms with Gasteiger partial charge in [-0.2, -0.15) is 5.01 Å². The maximum absolute atomic E-state index is 6.45. The molecular weight excluding hydrogens is 440 g/mol. The first-order chi connectivity index (χ1) is 14.6. The van der Waals surface area contributed by atoms with Crippen molar-refractivity contribution >= 4 is 21.6 Å². The van der Waals surface area contributed by atoms with Crippen molar-refractivity contribution in [3.8, 4) is 11.5 Å². The molecule has 2 aliphatic rings. The van der Waals surface area contributed by atoms with E-state index in [2.05, 4.69) is 81.8 Å². The van der Waals surface area contributed by atoms with Gasteiger partial charge in [-0.1, -0.05) is 45.8 Å². The number of hydrogen-bond donors (Lipinski definition) is 1. The summed E-state index contributed by atoms with van der Waals surface area (Å²) in [6.45, 7) is 4.76. The van der Waals surface area contributed by atoms with Crippen molar-refractivity contribution < 1.29 is 9.47 Å². The van der Waals surface area contributed by atoms with Gasteiger partial charge >= 0.3 is 0 Å². The number of fused-ring (bicyclic) bond motifs is 3. The minimum atomic E-state index is -0.222. The van der Waals surface area contributed by atoms with Crippen molar-refractivity contribution in [1.29, 1.82) is 0 Å². The van der Waals surface area contributed by atoms with Crippen LogP contribution in [0.1, 0.15) is 41.4 Å². The lowest BCUT2D eigenvalue weighted by Crippen LogP contribution is -2.43. The minimum absolute atomic E-state index is 0.0686. The van der Waals surface area contributed by atoms with E-state index >= 15 is 0 Å². The van der Waals surface area contributed by atoms with Crippen LogP contribution in [0.25, 0.3) is 5.70 Å². The van der Waals surface area contributed by atoms with Crippen molar-refractivity contribution in [3.05, 3.63) is 99.5 Å². The summed E-state index contributed by atoms with van der Waals surface area (Å²) >= 11 is 3.61. The van der Waals surface area contributed by atoms with Gasteiger partial charge in [0, 0.05) is 15.6 Å². The minimum Gasteiger partial charge on any atom is -0.494 e. The number of nitrogens with one attached hydrogen (secondary N) is 1. The molecule has 0 unspecified atom stereocenters. The number of aryl methyl sites for hydroxylation is 1. The second kappa shape index (κ2) is 7.82. The molecular formula is C25H23BrN2O2. The SMILES string of the molecule is CCOc1ccc(C2=C[C@H]3c4cc(Br)ccc4O[C@H](c4ccc(C)cc4)N3N2)cc1. The van der Waals surface area contributed by atoms with E-state index < -0.39 is 0 Å². The molecule has 0 radical (unpaired) electrons. The Labute approximate surface area is 185 Å². The first kappa shape index (κ1) is 19.2. The quantitative estimate of drug-likeness (QED) is 0.503. The summed E-state index contributed by atoms with van der Waals surface area (Å²) < 4.78 is 13.1. The molecule has 3 aromatic carbocycles. The van der Waals surface area contributed by atoms with Crippen LogP contribution in [0.15, 0.2) is 77.3 Å². The molecule has 1 N–H and O–H groups in total. The highest BCUT2D eigenvalue weighted by atomic mass is 79.9. The fourth-order valence-corrected chi connectivity index (χ4v) is 4.36. The summed E-state index contributed by atoms with van der Waals surface area (Å²) in [6, 6.07) is 23.0. The largest absolute Gasteiger partial charge is 0.494 e. The van der Waals surface area contributed by atoms with Gasteiger partial charge in [0.05, 0.1) is 18.3 Å². The number of hydrazine groups is 1. The lowest BCUT2D eigenvalue weighted by atomic mass is 10.0. The zero-order valence-electron chi connectivity index (χ0n) is 16.9. The Hall–Kier alpha value is -2.76. The van der Waals surface area contributed by atoms with E-state index in [9.17, 15) is 0 Å². The Morgan fingerprint density at radius 1 is 1.03 bits per heavy atom. The molecule has 0 aromatic heterocycles. The van der Waals surface area contributed by atoms with Crippen LogP contribution in [-0.2, 0) is 0 Å². The van der Waals surface area contributed by atoms with Crippen LogP contribution in [-0.4, -0.2) is 11.6 Å². The number of benzene rings is 3. The van der Waals surface area contributed by atoms with Crippen LogP contribution in [0, 0.1) is 6.92 Å². The Balaban J connectivity index is 1.53. The van der Waals surface area contributed by atoms with Gasteiger partial charge in [0.1, 0.15) is 11.5 Å². The Bertz CT molecular complexity index is 1090. The third kappa shape index (κ3) is 3.48. The summed E-state index contributed by atoms with van der Waals surface area (Å²) in [5.41, 5.74) is 9.27. The molecule has 5 heteroatoms. The van der Waals surface area contributed by atoms with Crippen LogP contribution in [0.5, 0.6) is 11.5 Å². The normalized spacial score (nSPS) is 19.9. The molecule has 2 atom stereocenters. The molecule has 0 fully saturated rings. The molecule has 5 rings (SSSR count). The van der Waals surface area contributed by atoms with Crippen molar-refractivity contribution in [1.82, 2.24) is 10.4 Å². The molecule has 0 bridgehead atoms. The number of ether oxygens (including phenoxy) is 2. The standard InChI is InChI=1S/C25H23BrN2O2/c1-3-29-20-11-8-17(9-12-20)22-15-23-21-14-19(26)10-13-24(21)30-25(28(23)27-22)18-6-4-16(2)5-7-18/h4-15,23,25,27H,3H2,1-2H3/t23-,25+/m0/s1. The van der Waals surface area contributed by atoms with Crippen LogP contribution in [0.3, 0.4) is 0 Å². The molecule has 0 saturated carbocycles. The van der Waals surface area contributed by atoms with Gasteiger partial charge < -0.3 is 14.9 Å². The average Bonchev–Trinajstić information content (AvgIpc) is 3.21. The van der Waals surface area contributed by atoms with Gasteiger partial charge in [-0.15, -0.1) is 0 Å². The van der Waals surface area contributed by atoms with Crippen LogP contribution >= 0.6 is 15.9 Å². The van der Waals surface area contributed by atoms with E-state index in [1.807, 2.05) is 31.2 Å². The van der Waals surface area contributed by atoms with Crippen LogP contribution < -0.4 is 14.9 Å². The number of rotatable bonds is 4. The number of nitrogens with zero attached hydrogens (tertiary/aromatic N) is 1. The van der Waals surface area contributed by atoms with Gasteiger partial charge in [-0.25, -0.2) is 0 Å². The van der Waals surface area contributed by atoms with E-state index in [0.29, 0.717) is 6.61 Å². The van der Waals surface area contributed by atoms with Crippen molar-refractivity contribution in [2.45, 2.75) is 26.1 Å². The molecule has 3 aromatic rings. The molecule has 0 spiro atoms. The maximum Gasteiger partial charge on any atom is 0.195 e. The summed E-state index contributed by atoms with van der Waals surface area (Å²) in [4.78, 5) is 0. The van der Waals surface area contributed by atoms with Crippen LogP contribution in [0.4, 0.5) is 0 Å². The second-order valence-electron chi connectivity index (χ2n) is 7.56. The smallest absolute Gasteiger partial charge is 0.195 e. The van der Waals surface area contributed by atoms with Crippen LogP contribution in [0.2, 0.25) is 0 Å². The predicted molar refractivity (Wildman–Crippen MR) is 122 cm³/mol. The Morgan fingerprint density at radius 3 is 2.53 bits per heavy atom. The first-order valence-corrected chi connectivity index (χ1v) is 10.9. The molecule has 0 amide bonds. The molecule has 2 heterocycles. The zero-order chi connectivity index (χ0) is 20.7. The fourth-order valence-electron chi connectivity index (χ4n) is 3.98. The molecule has 0 aliphatic carbocycles. The highest BCUT2D eigenvalue weighted by Crippen LogP contribution is 2.46. The van der Waals surface area contributed by atoms with Crippen molar-refractivity contribution in [2.24, 2.45) is 0 Å². The molecule has 30 heavy (non-hydrogen) atoms. The van der Waals surface area contributed by atoms with E-state index in [0.717, 1.165) is 38.4 Å². The summed E-state index contributed by atoms with van der Waals surface area (Å²) in [5, 5.41) is 2.19. The monoisotopic (exact) mass is 462 g/mol. The summed E-state index contributed by atoms with van der Waals surface area (Å²) in [7, 11) is 0. The molecule has 4 nitrogen and oxygen atoms in total. The van der Waals surface area contributed by atoms with Crippen molar-refractivity contribution in [3.63, 3.8) is 0 Å². The first-order valence-electron chi connectivity index (χ1n) is 10.1. The van der Waals surface area contributed by atoms with E-state index in [-0.39, 0.29) is 12.3 Å². The average molecular weight is 463 g/mol. The van der Waals surface area contributed by atoms with Gasteiger partial charge in [-0.05, 0) is 68.0 Å². The van der Waals surface area contributed by atoms with E-state index in [1.54, 1.807) is 0 Å². The molecule has 0 saturated heterocycles.